The van der Waals surface area contributed by atoms with Gasteiger partial charge >= 0.3 is 5.69 Å². The molecular formula is C20H22N4O6S2. The van der Waals surface area contributed by atoms with E-state index in [-0.39, 0.29) is 27.1 Å². The number of hydrogen-bond acceptors (Lipinski definition) is 8. The van der Waals surface area contributed by atoms with Gasteiger partial charge in [0.2, 0.25) is 10.0 Å². The van der Waals surface area contributed by atoms with Crippen LogP contribution >= 0.6 is 11.8 Å². The topological polar surface area (TPSA) is 122 Å². The molecule has 1 saturated heterocycles. The van der Waals surface area contributed by atoms with Gasteiger partial charge in [-0.3, -0.25) is 19.8 Å². The third-order valence-corrected chi connectivity index (χ3v) is 7.55. The molecular weight excluding hydrogens is 456 g/mol. The van der Waals surface area contributed by atoms with Gasteiger partial charge in [0.25, 0.3) is 5.91 Å². The van der Waals surface area contributed by atoms with Crippen molar-refractivity contribution in [2.24, 2.45) is 4.99 Å². The predicted molar refractivity (Wildman–Crippen MR) is 122 cm³/mol. The van der Waals surface area contributed by atoms with E-state index in [1.54, 1.807) is 12.1 Å². The van der Waals surface area contributed by atoms with Crippen molar-refractivity contribution < 1.29 is 22.9 Å². The number of amides is 1. The van der Waals surface area contributed by atoms with Crippen molar-refractivity contribution in [3.63, 3.8) is 0 Å². The highest BCUT2D eigenvalue weighted by molar-refractivity contribution is 8.14. The van der Waals surface area contributed by atoms with Crippen molar-refractivity contribution in [2.75, 3.05) is 27.7 Å². The summed E-state index contributed by atoms with van der Waals surface area (Å²) < 4.78 is 30.9. The van der Waals surface area contributed by atoms with Crippen molar-refractivity contribution in [2.45, 2.75) is 17.1 Å². The van der Waals surface area contributed by atoms with Gasteiger partial charge in [0, 0.05) is 37.5 Å². The molecule has 1 aliphatic heterocycles. The minimum absolute atomic E-state index is 0.0413. The Bertz CT molecular complexity index is 1200. The molecule has 0 radical (unpaired) electrons. The minimum Gasteiger partial charge on any atom is -0.490 e. The highest BCUT2D eigenvalue weighted by atomic mass is 32.2. The summed E-state index contributed by atoms with van der Waals surface area (Å²) in [6.07, 6.45) is 0. The number of nitrogens with zero attached hydrogens (tertiary/aromatic N) is 4. The van der Waals surface area contributed by atoms with Crippen LogP contribution in [0.1, 0.15) is 17.3 Å². The Kier molecular flexibility index (Phi) is 6.86. The maximum absolute atomic E-state index is 13.1. The molecule has 1 heterocycles. The fourth-order valence-electron chi connectivity index (χ4n) is 3.03. The van der Waals surface area contributed by atoms with Crippen LogP contribution in [0.25, 0.3) is 0 Å². The van der Waals surface area contributed by atoms with Crippen LogP contribution in [-0.4, -0.2) is 66.6 Å². The van der Waals surface area contributed by atoms with E-state index in [0.29, 0.717) is 17.4 Å². The molecule has 10 nitrogen and oxygen atoms in total. The smallest absolute Gasteiger partial charge is 0.311 e. The molecule has 0 aliphatic carbocycles. The lowest BCUT2D eigenvalue weighted by Gasteiger charge is -2.17. The summed E-state index contributed by atoms with van der Waals surface area (Å²) in [5, 5.41) is 11.7. The van der Waals surface area contributed by atoms with Gasteiger partial charge in [0.1, 0.15) is 0 Å². The Morgan fingerprint density at radius 3 is 2.62 bits per heavy atom. The first-order chi connectivity index (χ1) is 15.0. The average molecular weight is 479 g/mol. The van der Waals surface area contributed by atoms with Crippen LogP contribution in [0.5, 0.6) is 5.75 Å². The fourth-order valence-corrected chi connectivity index (χ4v) is 5.00. The zero-order valence-corrected chi connectivity index (χ0v) is 19.5. The second-order valence-corrected chi connectivity index (χ2v) is 10.7. The van der Waals surface area contributed by atoms with Crippen molar-refractivity contribution >= 4 is 44.2 Å². The molecule has 32 heavy (non-hydrogen) atoms. The van der Waals surface area contributed by atoms with Crippen LogP contribution in [-0.2, 0) is 10.0 Å². The molecule has 0 N–H and O–H groups in total. The summed E-state index contributed by atoms with van der Waals surface area (Å²) in [5.74, 6) is -0.382. The molecule has 3 rings (SSSR count). The van der Waals surface area contributed by atoms with Crippen LogP contribution in [0.15, 0.2) is 52.4 Å². The maximum atomic E-state index is 13.1. The number of amidine groups is 1. The second-order valence-electron chi connectivity index (χ2n) is 7.17. The third kappa shape index (κ3) is 4.76. The molecule has 1 unspecified atom stereocenters. The summed E-state index contributed by atoms with van der Waals surface area (Å²) >= 11 is 1.37. The number of carbonyl (C=O) groups excluding carboxylic acids is 1. The van der Waals surface area contributed by atoms with Crippen molar-refractivity contribution in [1.82, 2.24) is 9.21 Å². The number of benzene rings is 2. The average Bonchev–Trinajstić information content (AvgIpc) is 3.12. The highest BCUT2D eigenvalue weighted by Crippen LogP contribution is 2.32. The SMILES string of the molecule is COc1ccc(C(=O)N2CC(C)SC2=Nc2cccc(S(=O)(=O)N(C)C)c2)cc1[N+](=O)[O-]. The van der Waals surface area contributed by atoms with Gasteiger partial charge in [-0.2, -0.15) is 0 Å². The Morgan fingerprint density at radius 1 is 1.28 bits per heavy atom. The zero-order chi connectivity index (χ0) is 23.6. The number of hydrogen-bond donors (Lipinski definition) is 0. The summed E-state index contributed by atoms with van der Waals surface area (Å²) in [6.45, 7) is 2.29. The number of sulfonamides is 1. The molecule has 12 heteroatoms. The number of thioether (sulfide) groups is 1. The van der Waals surface area contributed by atoms with Crippen LogP contribution in [0.3, 0.4) is 0 Å². The van der Waals surface area contributed by atoms with E-state index in [2.05, 4.69) is 4.99 Å². The lowest BCUT2D eigenvalue weighted by atomic mass is 10.1. The van der Waals surface area contributed by atoms with E-state index in [4.69, 9.17) is 4.74 Å². The molecule has 170 valence electrons. The monoisotopic (exact) mass is 478 g/mol. The van der Waals surface area contributed by atoms with Crippen molar-refractivity contribution in [3.8, 4) is 5.75 Å². The number of ether oxygens (including phenoxy) is 1. The molecule has 1 atom stereocenters. The van der Waals surface area contributed by atoms with Crippen LogP contribution in [0.4, 0.5) is 11.4 Å². The summed E-state index contributed by atoms with van der Waals surface area (Å²) in [4.78, 5) is 29.9. The van der Waals surface area contributed by atoms with Gasteiger partial charge in [-0.1, -0.05) is 24.8 Å². The lowest BCUT2D eigenvalue weighted by molar-refractivity contribution is -0.385. The number of methoxy groups -OCH3 is 1. The summed E-state index contributed by atoms with van der Waals surface area (Å²) in [6, 6.07) is 10.2. The van der Waals surface area contributed by atoms with Crippen molar-refractivity contribution in [3.05, 3.63) is 58.1 Å². The Hall–Kier alpha value is -2.96. The molecule has 0 bridgehead atoms. The molecule has 0 aromatic heterocycles. The molecule has 1 amide bonds. The Labute approximate surface area is 190 Å². The van der Waals surface area contributed by atoms with Gasteiger partial charge in [-0.15, -0.1) is 0 Å². The van der Waals surface area contributed by atoms with E-state index in [1.807, 2.05) is 6.92 Å². The van der Waals surface area contributed by atoms with Gasteiger partial charge in [0.05, 0.1) is 22.6 Å². The van der Waals surface area contributed by atoms with E-state index >= 15 is 0 Å². The second kappa shape index (κ2) is 9.27. The van der Waals surface area contributed by atoms with Gasteiger partial charge in [0.15, 0.2) is 10.9 Å². The molecule has 2 aromatic rings. The first-order valence-corrected chi connectivity index (χ1v) is 11.8. The Morgan fingerprint density at radius 2 is 2.00 bits per heavy atom. The van der Waals surface area contributed by atoms with Crippen LogP contribution in [0.2, 0.25) is 0 Å². The molecule has 1 aliphatic rings. The highest BCUT2D eigenvalue weighted by Gasteiger charge is 2.32. The molecule has 0 spiro atoms. The first-order valence-electron chi connectivity index (χ1n) is 9.47. The van der Waals surface area contributed by atoms with Crippen LogP contribution in [0, 0.1) is 10.1 Å². The number of nitro groups is 1. The summed E-state index contributed by atoms with van der Waals surface area (Å²) in [5.41, 5.74) is 0.199. The molecule has 1 fully saturated rings. The predicted octanol–water partition coefficient (Wildman–Crippen LogP) is 3.12. The van der Waals surface area contributed by atoms with Gasteiger partial charge in [-0.05, 0) is 30.3 Å². The van der Waals surface area contributed by atoms with E-state index < -0.39 is 20.9 Å². The largest absolute Gasteiger partial charge is 0.490 e. The van der Waals surface area contributed by atoms with E-state index in [0.717, 1.165) is 4.31 Å². The van der Waals surface area contributed by atoms with E-state index in [1.165, 1.54) is 68.2 Å². The normalized spacial score (nSPS) is 17.7. The van der Waals surface area contributed by atoms with Crippen molar-refractivity contribution in [1.29, 1.82) is 0 Å². The van der Waals surface area contributed by atoms with Crippen LogP contribution < -0.4 is 4.74 Å². The molecule has 0 saturated carbocycles. The van der Waals surface area contributed by atoms with Gasteiger partial charge in [-0.25, -0.2) is 17.7 Å². The fraction of sp³-hybridized carbons (Fsp3) is 0.300. The number of aliphatic imine (C=N–C) groups is 1. The first kappa shape index (κ1) is 23.7. The molecule has 2 aromatic carbocycles. The minimum atomic E-state index is -3.64. The van der Waals surface area contributed by atoms with E-state index in [9.17, 15) is 23.3 Å². The standard InChI is InChI=1S/C20H22N4O6S2/c1-13-12-23(19(25)14-8-9-18(30-4)17(10-14)24(26)27)20(31-13)21-15-6-5-7-16(11-15)32(28,29)22(2)3/h5-11,13H,12H2,1-4H3. The number of nitro benzene ring substituents is 1. The summed E-state index contributed by atoms with van der Waals surface area (Å²) in [7, 11) is 0.565. The number of carbonyl (C=O) groups is 1. The quantitative estimate of drug-likeness (QED) is 0.462. The Balaban J connectivity index is 1.97. The van der Waals surface area contributed by atoms with Gasteiger partial charge < -0.3 is 4.74 Å². The zero-order valence-electron chi connectivity index (χ0n) is 17.9. The maximum Gasteiger partial charge on any atom is 0.311 e. The third-order valence-electron chi connectivity index (χ3n) is 4.67. The lowest BCUT2D eigenvalue weighted by Crippen LogP contribution is -2.32. The number of rotatable bonds is 6.